The maximum atomic E-state index is 13.8. The minimum absolute atomic E-state index is 0.359. The summed E-state index contributed by atoms with van der Waals surface area (Å²) in [6.07, 6.45) is 1.68. The van der Waals surface area contributed by atoms with E-state index in [-0.39, 0.29) is 5.41 Å². The van der Waals surface area contributed by atoms with Gasteiger partial charge in [-0.15, -0.1) is 0 Å². The lowest BCUT2D eigenvalue weighted by Gasteiger charge is -2.51. The molecule has 0 spiro atoms. The van der Waals surface area contributed by atoms with E-state index < -0.39 is 15.6 Å². The van der Waals surface area contributed by atoms with Crippen LogP contribution in [0.1, 0.15) is 43.4 Å². The van der Waals surface area contributed by atoms with E-state index in [9.17, 15) is 8.42 Å². The Morgan fingerprint density at radius 2 is 1.23 bits per heavy atom. The van der Waals surface area contributed by atoms with Gasteiger partial charge in [-0.25, -0.2) is 8.42 Å². The van der Waals surface area contributed by atoms with Gasteiger partial charge >= 0.3 is 0 Å². The van der Waals surface area contributed by atoms with E-state index in [4.69, 9.17) is 0 Å². The standard InChI is InChI=1S/C26H29NO2S/c1-21-14-16-24(17-15-21)30(28,29)27-20-26(19-18-25(27,2)3,22-10-6-4-7-11-22)23-12-8-5-9-13-23/h4-17H,18-20H2,1-3H3. The van der Waals surface area contributed by atoms with E-state index in [0.717, 1.165) is 29.5 Å². The third kappa shape index (κ3) is 3.59. The maximum Gasteiger partial charge on any atom is 0.243 e. The van der Waals surface area contributed by atoms with Gasteiger partial charge in [-0.2, -0.15) is 4.31 Å². The quantitative estimate of drug-likeness (QED) is 0.556. The van der Waals surface area contributed by atoms with Crippen LogP contribution in [0.25, 0.3) is 0 Å². The molecule has 0 bridgehead atoms. The lowest BCUT2D eigenvalue weighted by molar-refractivity contribution is 0.122. The van der Waals surface area contributed by atoms with Crippen LogP contribution < -0.4 is 0 Å². The molecule has 0 aromatic heterocycles. The lowest BCUT2D eigenvalue weighted by Crippen LogP contribution is -2.58. The molecule has 0 unspecified atom stereocenters. The summed E-state index contributed by atoms with van der Waals surface area (Å²) in [7, 11) is -3.64. The van der Waals surface area contributed by atoms with E-state index >= 15 is 0 Å². The molecule has 0 amide bonds. The van der Waals surface area contributed by atoms with Crippen molar-refractivity contribution in [2.75, 3.05) is 6.54 Å². The number of hydrogen-bond donors (Lipinski definition) is 0. The molecule has 0 atom stereocenters. The number of nitrogens with zero attached hydrogens (tertiary/aromatic N) is 1. The Morgan fingerprint density at radius 1 is 0.733 bits per heavy atom. The molecule has 0 aliphatic carbocycles. The molecule has 156 valence electrons. The fraction of sp³-hybridized carbons (Fsp3) is 0.308. The average molecular weight is 420 g/mol. The zero-order valence-electron chi connectivity index (χ0n) is 17.9. The topological polar surface area (TPSA) is 37.4 Å². The third-order valence-corrected chi connectivity index (χ3v) is 8.59. The number of rotatable bonds is 4. The lowest BCUT2D eigenvalue weighted by atomic mass is 9.67. The first-order chi connectivity index (χ1) is 14.3. The van der Waals surface area contributed by atoms with Crippen molar-refractivity contribution in [2.45, 2.75) is 49.5 Å². The Kier molecular flexibility index (Phi) is 5.33. The Morgan fingerprint density at radius 3 is 1.73 bits per heavy atom. The van der Waals surface area contributed by atoms with Crippen molar-refractivity contribution in [1.82, 2.24) is 4.31 Å². The van der Waals surface area contributed by atoms with Gasteiger partial charge in [-0.1, -0.05) is 78.4 Å². The van der Waals surface area contributed by atoms with Crippen LogP contribution >= 0.6 is 0 Å². The predicted molar refractivity (Wildman–Crippen MR) is 122 cm³/mol. The molecular weight excluding hydrogens is 390 g/mol. The van der Waals surface area contributed by atoms with E-state index in [2.05, 4.69) is 24.3 Å². The number of piperidine rings is 1. The molecule has 1 heterocycles. The zero-order chi connectivity index (χ0) is 21.4. The fourth-order valence-electron chi connectivity index (χ4n) is 4.58. The highest BCUT2D eigenvalue weighted by atomic mass is 32.2. The summed E-state index contributed by atoms with van der Waals surface area (Å²) < 4.78 is 29.3. The van der Waals surface area contributed by atoms with Crippen molar-refractivity contribution in [3.63, 3.8) is 0 Å². The smallest absolute Gasteiger partial charge is 0.207 e. The molecule has 1 aliphatic rings. The van der Waals surface area contributed by atoms with Crippen molar-refractivity contribution in [1.29, 1.82) is 0 Å². The van der Waals surface area contributed by atoms with Gasteiger partial charge in [-0.3, -0.25) is 0 Å². The fourth-order valence-corrected chi connectivity index (χ4v) is 6.45. The molecule has 3 aromatic rings. The molecule has 0 saturated carbocycles. The zero-order valence-corrected chi connectivity index (χ0v) is 18.7. The highest BCUT2D eigenvalue weighted by molar-refractivity contribution is 7.89. The van der Waals surface area contributed by atoms with Crippen LogP contribution in [0.4, 0.5) is 0 Å². The SMILES string of the molecule is Cc1ccc(S(=O)(=O)N2CC(c3ccccc3)(c3ccccc3)CCC2(C)C)cc1. The van der Waals surface area contributed by atoms with E-state index in [1.54, 1.807) is 16.4 Å². The van der Waals surface area contributed by atoms with Crippen LogP contribution in [0.15, 0.2) is 89.8 Å². The summed E-state index contributed by atoms with van der Waals surface area (Å²) in [5.41, 5.74) is 2.54. The molecule has 30 heavy (non-hydrogen) atoms. The van der Waals surface area contributed by atoms with Crippen molar-refractivity contribution < 1.29 is 8.42 Å². The first-order valence-corrected chi connectivity index (χ1v) is 11.9. The van der Waals surface area contributed by atoms with Crippen molar-refractivity contribution in [3.05, 3.63) is 102 Å². The van der Waals surface area contributed by atoms with Crippen LogP contribution in [0.3, 0.4) is 0 Å². The van der Waals surface area contributed by atoms with Crippen LogP contribution in [0.5, 0.6) is 0 Å². The van der Waals surface area contributed by atoms with Crippen LogP contribution in [-0.2, 0) is 15.4 Å². The van der Waals surface area contributed by atoms with Gasteiger partial charge in [0.25, 0.3) is 0 Å². The van der Waals surface area contributed by atoms with Gasteiger partial charge in [0, 0.05) is 17.5 Å². The van der Waals surface area contributed by atoms with E-state index in [1.807, 2.05) is 69.3 Å². The van der Waals surface area contributed by atoms with Crippen molar-refractivity contribution >= 4 is 10.0 Å². The highest BCUT2D eigenvalue weighted by Gasteiger charge is 2.49. The minimum atomic E-state index is -3.64. The Bertz CT molecular complexity index is 1070. The monoisotopic (exact) mass is 419 g/mol. The second kappa shape index (κ2) is 7.68. The number of hydrogen-bond acceptors (Lipinski definition) is 2. The molecule has 0 radical (unpaired) electrons. The molecular formula is C26H29NO2S. The van der Waals surface area contributed by atoms with Crippen molar-refractivity contribution in [2.24, 2.45) is 0 Å². The summed E-state index contributed by atoms with van der Waals surface area (Å²) in [4.78, 5) is 0.359. The van der Waals surface area contributed by atoms with Gasteiger partial charge in [0.2, 0.25) is 10.0 Å². The largest absolute Gasteiger partial charge is 0.243 e. The summed E-state index contributed by atoms with van der Waals surface area (Å²) in [6.45, 7) is 6.47. The first-order valence-electron chi connectivity index (χ1n) is 10.5. The van der Waals surface area contributed by atoms with Gasteiger partial charge in [0.05, 0.1) is 4.90 Å². The van der Waals surface area contributed by atoms with Crippen molar-refractivity contribution in [3.8, 4) is 0 Å². The van der Waals surface area contributed by atoms with Gasteiger partial charge in [-0.05, 0) is 56.9 Å². The number of aryl methyl sites for hydroxylation is 1. The van der Waals surface area contributed by atoms with E-state index in [0.29, 0.717) is 11.4 Å². The molecule has 1 fully saturated rings. The Labute approximate surface area is 180 Å². The normalized spacial score (nSPS) is 18.8. The molecule has 1 saturated heterocycles. The Hall–Kier alpha value is -2.43. The molecule has 4 rings (SSSR count). The van der Waals surface area contributed by atoms with Crippen LogP contribution in [0, 0.1) is 6.92 Å². The molecule has 3 nitrogen and oxygen atoms in total. The number of benzene rings is 3. The maximum absolute atomic E-state index is 13.8. The highest BCUT2D eigenvalue weighted by Crippen LogP contribution is 2.46. The summed E-state index contributed by atoms with van der Waals surface area (Å²) in [5, 5.41) is 0. The molecule has 0 N–H and O–H groups in total. The average Bonchev–Trinajstić information content (AvgIpc) is 2.75. The first kappa shape index (κ1) is 20.8. The predicted octanol–water partition coefficient (Wildman–Crippen LogP) is 5.54. The number of sulfonamides is 1. The van der Waals surface area contributed by atoms with Gasteiger partial charge in [0.1, 0.15) is 0 Å². The summed E-state index contributed by atoms with van der Waals surface area (Å²) in [5.74, 6) is 0. The van der Waals surface area contributed by atoms with Crippen LogP contribution in [0.2, 0.25) is 0 Å². The summed E-state index contributed by atoms with van der Waals surface area (Å²) >= 11 is 0. The molecule has 4 heteroatoms. The second-order valence-corrected chi connectivity index (χ2v) is 10.8. The van der Waals surface area contributed by atoms with Crippen LogP contribution in [-0.4, -0.2) is 24.8 Å². The van der Waals surface area contributed by atoms with E-state index in [1.165, 1.54) is 0 Å². The second-order valence-electron chi connectivity index (χ2n) is 8.95. The Balaban J connectivity index is 1.86. The molecule has 1 aliphatic heterocycles. The van der Waals surface area contributed by atoms with Gasteiger partial charge in [0.15, 0.2) is 0 Å². The summed E-state index contributed by atoms with van der Waals surface area (Å²) in [6, 6.07) is 27.9. The third-order valence-electron chi connectivity index (χ3n) is 6.51. The molecule has 3 aromatic carbocycles. The van der Waals surface area contributed by atoms with Gasteiger partial charge < -0.3 is 0 Å². The minimum Gasteiger partial charge on any atom is -0.207 e.